The number of hydrogen-bond donors (Lipinski definition) is 1. The summed E-state index contributed by atoms with van der Waals surface area (Å²) in [5.41, 5.74) is 0.883. The highest BCUT2D eigenvalue weighted by atomic mass is 16.5. The largest absolute Gasteiger partial charge is 0.494 e. The normalized spacial score (nSPS) is 10.1. The van der Waals surface area contributed by atoms with E-state index in [1.807, 2.05) is 0 Å². The second-order valence-corrected chi connectivity index (χ2v) is 3.27. The maximum Gasteiger partial charge on any atom is 0.251 e. The second kappa shape index (κ2) is 4.14. The molecule has 0 bridgehead atoms. The lowest BCUT2D eigenvalue weighted by molar-refractivity contribution is 0.414. The van der Waals surface area contributed by atoms with Gasteiger partial charge in [-0.15, -0.1) is 0 Å². The topological polar surface area (TPSA) is 67.9 Å². The molecular weight excluding hydrogens is 206 g/mol. The number of methoxy groups -OCH3 is 1. The van der Waals surface area contributed by atoms with Gasteiger partial charge in [0.2, 0.25) is 0 Å². The van der Waals surface area contributed by atoms with Gasteiger partial charge in [-0.2, -0.15) is 0 Å². The number of aromatic amines is 1. The highest BCUT2D eigenvalue weighted by molar-refractivity contribution is 5.61. The van der Waals surface area contributed by atoms with Gasteiger partial charge in [0.1, 0.15) is 17.3 Å². The summed E-state index contributed by atoms with van der Waals surface area (Å²) < 4.78 is 5.16. The third-order valence-corrected chi connectivity index (χ3v) is 2.09. The molecule has 1 N–H and O–H groups in total. The Bertz CT molecular complexity index is 563. The number of hydrogen-bond acceptors (Lipinski definition) is 4. The lowest BCUT2D eigenvalue weighted by Crippen LogP contribution is -2.09. The molecule has 5 heteroatoms. The zero-order valence-corrected chi connectivity index (χ0v) is 9.02. The molecule has 0 aliphatic heterocycles. The van der Waals surface area contributed by atoms with Crippen LogP contribution >= 0.6 is 0 Å². The van der Waals surface area contributed by atoms with E-state index in [1.165, 1.54) is 6.07 Å². The van der Waals surface area contributed by atoms with Crippen molar-refractivity contribution in [1.29, 1.82) is 0 Å². The molecule has 2 aromatic rings. The van der Waals surface area contributed by atoms with Crippen molar-refractivity contribution in [3.63, 3.8) is 0 Å². The van der Waals surface area contributed by atoms with Gasteiger partial charge in [-0.1, -0.05) is 0 Å². The second-order valence-electron chi connectivity index (χ2n) is 3.27. The molecule has 2 rings (SSSR count). The highest BCUT2D eigenvalue weighted by Crippen LogP contribution is 2.24. The molecule has 0 fully saturated rings. The van der Waals surface area contributed by atoms with E-state index < -0.39 is 0 Å². The van der Waals surface area contributed by atoms with Gasteiger partial charge in [-0.25, -0.2) is 4.98 Å². The summed E-state index contributed by atoms with van der Waals surface area (Å²) in [7, 11) is 1.56. The summed E-state index contributed by atoms with van der Waals surface area (Å²) in [4.78, 5) is 22.3. The molecule has 0 saturated heterocycles. The number of nitrogens with zero attached hydrogens (tertiary/aromatic N) is 2. The minimum absolute atomic E-state index is 0.199. The third-order valence-electron chi connectivity index (χ3n) is 2.09. The van der Waals surface area contributed by atoms with Crippen molar-refractivity contribution in [3.8, 4) is 17.1 Å². The van der Waals surface area contributed by atoms with Crippen LogP contribution in [0.15, 0.2) is 29.2 Å². The molecule has 5 nitrogen and oxygen atoms in total. The number of nitrogens with one attached hydrogen (secondary N) is 1. The number of aryl methyl sites for hydroxylation is 1. The molecule has 0 aliphatic carbocycles. The first-order valence-corrected chi connectivity index (χ1v) is 4.78. The van der Waals surface area contributed by atoms with Crippen LogP contribution in [-0.4, -0.2) is 22.1 Å². The molecule has 0 spiro atoms. The Labute approximate surface area is 92.2 Å². The Kier molecular flexibility index (Phi) is 2.68. The van der Waals surface area contributed by atoms with Gasteiger partial charge in [0.05, 0.1) is 12.8 Å². The maximum absolute atomic E-state index is 11.3. The van der Waals surface area contributed by atoms with Crippen molar-refractivity contribution in [3.05, 3.63) is 40.6 Å². The summed E-state index contributed by atoms with van der Waals surface area (Å²) in [5, 5.41) is 0. The van der Waals surface area contributed by atoms with Crippen molar-refractivity contribution in [2.75, 3.05) is 7.11 Å². The zero-order chi connectivity index (χ0) is 11.5. The van der Waals surface area contributed by atoms with Gasteiger partial charge in [0, 0.05) is 12.3 Å². The Hall–Kier alpha value is -2.17. The first-order valence-electron chi connectivity index (χ1n) is 4.78. The Morgan fingerprint density at radius 1 is 1.44 bits per heavy atom. The molecule has 0 aliphatic rings. The third kappa shape index (κ3) is 1.93. The van der Waals surface area contributed by atoms with Gasteiger partial charge < -0.3 is 9.72 Å². The number of aromatic nitrogens is 3. The van der Waals surface area contributed by atoms with Crippen molar-refractivity contribution in [2.45, 2.75) is 6.92 Å². The standard InChI is InChI=1S/C11H11N3O2/c1-7-13-8(6-10(15)14-7)11-9(16-2)4-3-5-12-11/h3-6H,1-2H3,(H,13,14,15). The van der Waals surface area contributed by atoms with Gasteiger partial charge in [-0.3, -0.25) is 9.78 Å². The molecule has 82 valence electrons. The van der Waals surface area contributed by atoms with E-state index in [4.69, 9.17) is 4.74 Å². The zero-order valence-electron chi connectivity index (χ0n) is 9.02. The summed E-state index contributed by atoms with van der Waals surface area (Å²) in [5.74, 6) is 1.15. The average molecular weight is 217 g/mol. The first-order chi connectivity index (χ1) is 7.70. The molecule has 0 amide bonds. The fourth-order valence-corrected chi connectivity index (χ4v) is 1.45. The number of H-pyrrole nitrogens is 1. The van der Waals surface area contributed by atoms with Crippen LogP contribution in [0.25, 0.3) is 11.4 Å². The van der Waals surface area contributed by atoms with Crippen LogP contribution in [0.2, 0.25) is 0 Å². The van der Waals surface area contributed by atoms with Gasteiger partial charge in [0.15, 0.2) is 0 Å². The number of pyridine rings is 1. The van der Waals surface area contributed by atoms with E-state index in [9.17, 15) is 4.79 Å². The Morgan fingerprint density at radius 3 is 2.94 bits per heavy atom. The average Bonchev–Trinajstić information content (AvgIpc) is 2.27. The maximum atomic E-state index is 11.3. The molecule has 0 unspecified atom stereocenters. The summed E-state index contributed by atoms with van der Waals surface area (Å²) >= 11 is 0. The van der Waals surface area contributed by atoms with Gasteiger partial charge in [-0.05, 0) is 19.1 Å². The highest BCUT2D eigenvalue weighted by Gasteiger charge is 2.08. The van der Waals surface area contributed by atoms with E-state index in [0.717, 1.165) is 0 Å². The van der Waals surface area contributed by atoms with E-state index in [-0.39, 0.29) is 5.56 Å². The van der Waals surface area contributed by atoms with Crippen molar-refractivity contribution in [2.24, 2.45) is 0 Å². The van der Waals surface area contributed by atoms with E-state index in [1.54, 1.807) is 32.4 Å². The monoisotopic (exact) mass is 217 g/mol. The van der Waals surface area contributed by atoms with Crippen molar-refractivity contribution < 1.29 is 4.74 Å². The van der Waals surface area contributed by atoms with Gasteiger partial charge in [0.25, 0.3) is 5.56 Å². The molecule has 2 aromatic heterocycles. The summed E-state index contributed by atoms with van der Waals surface area (Å²) in [6.07, 6.45) is 1.63. The Morgan fingerprint density at radius 2 is 2.25 bits per heavy atom. The van der Waals surface area contributed by atoms with Crippen molar-refractivity contribution >= 4 is 0 Å². The SMILES string of the molecule is COc1cccnc1-c1cc(=O)[nH]c(C)n1. The minimum Gasteiger partial charge on any atom is -0.494 e. The van der Waals surface area contributed by atoms with E-state index in [0.29, 0.717) is 23.0 Å². The van der Waals surface area contributed by atoms with Crippen LogP contribution in [0.5, 0.6) is 5.75 Å². The number of rotatable bonds is 2. The molecule has 0 radical (unpaired) electrons. The van der Waals surface area contributed by atoms with Crippen molar-refractivity contribution in [1.82, 2.24) is 15.0 Å². The van der Waals surface area contributed by atoms with Gasteiger partial charge >= 0.3 is 0 Å². The van der Waals surface area contributed by atoms with Crippen LogP contribution in [-0.2, 0) is 0 Å². The smallest absolute Gasteiger partial charge is 0.251 e. The predicted octanol–water partition coefficient (Wildman–Crippen LogP) is 1.15. The van der Waals surface area contributed by atoms with Crippen LogP contribution in [0, 0.1) is 6.92 Å². The summed E-state index contributed by atoms with van der Waals surface area (Å²) in [6.45, 7) is 1.72. The predicted molar refractivity (Wildman–Crippen MR) is 59.4 cm³/mol. The molecule has 16 heavy (non-hydrogen) atoms. The summed E-state index contributed by atoms with van der Waals surface area (Å²) in [6, 6.07) is 4.95. The molecule has 0 saturated carbocycles. The number of ether oxygens (including phenoxy) is 1. The quantitative estimate of drug-likeness (QED) is 0.819. The molecular formula is C11H11N3O2. The molecule has 2 heterocycles. The first kappa shape index (κ1) is 10.4. The van der Waals surface area contributed by atoms with Crippen LogP contribution in [0.4, 0.5) is 0 Å². The van der Waals surface area contributed by atoms with E-state index in [2.05, 4.69) is 15.0 Å². The lowest BCUT2D eigenvalue weighted by Gasteiger charge is -2.06. The fourth-order valence-electron chi connectivity index (χ4n) is 1.45. The lowest BCUT2D eigenvalue weighted by atomic mass is 10.2. The fraction of sp³-hybridized carbons (Fsp3) is 0.182. The van der Waals surface area contributed by atoms with Crippen LogP contribution < -0.4 is 10.3 Å². The van der Waals surface area contributed by atoms with Crippen LogP contribution in [0.3, 0.4) is 0 Å². The molecule has 0 aromatic carbocycles. The van der Waals surface area contributed by atoms with Crippen LogP contribution in [0.1, 0.15) is 5.82 Å². The molecule has 0 atom stereocenters. The Balaban J connectivity index is 2.62. The minimum atomic E-state index is -0.199. The van der Waals surface area contributed by atoms with E-state index >= 15 is 0 Å².